The van der Waals surface area contributed by atoms with Gasteiger partial charge in [0.25, 0.3) is 0 Å². The van der Waals surface area contributed by atoms with Crippen LogP contribution in [-0.2, 0) is 11.2 Å². The molecule has 0 heterocycles. The Balaban J connectivity index is 1.80. The summed E-state index contributed by atoms with van der Waals surface area (Å²) in [5, 5.41) is 0.883. The van der Waals surface area contributed by atoms with Gasteiger partial charge < -0.3 is 4.90 Å². The lowest BCUT2D eigenvalue weighted by Crippen LogP contribution is -2.42. The lowest BCUT2D eigenvalue weighted by atomic mass is 9.94. The number of nitrogens with zero attached hydrogens (tertiary/aromatic N) is 1. The second-order valence-corrected chi connectivity index (χ2v) is 6.70. The van der Waals surface area contributed by atoms with Crippen molar-refractivity contribution in [3.05, 3.63) is 35.9 Å². The maximum atomic E-state index is 12.5. The Morgan fingerprint density at radius 1 is 1.14 bits per heavy atom. The molecule has 0 spiro atoms. The molecule has 1 saturated carbocycles. The fourth-order valence-electron chi connectivity index (χ4n) is 3.23. The Kier molecular flexibility index (Phi) is 7.28. The summed E-state index contributed by atoms with van der Waals surface area (Å²) in [5.74, 6) is 0.345. The zero-order valence-corrected chi connectivity index (χ0v) is 14.4. The van der Waals surface area contributed by atoms with Crippen LogP contribution < -0.4 is 0 Å². The minimum atomic E-state index is 0.345. The molecule has 0 unspecified atom stereocenters. The Bertz CT molecular complexity index is 414. The third-order valence-corrected chi connectivity index (χ3v) is 4.71. The first kappa shape index (κ1) is 16.5. The second kappa shape index (κ2) is 9.24. The van der Waals surface area contributed by atoms with Crippen molar-refractivity contribution < 1.29 is 4.79 Å². The Hall–Kier alpha value is -0.830. The minimum absolute atomic E-state index is 0.345. The quantitative estimate of drug-likeness (QED) is 0.659. The molecule has 1 amide bonds. The van der Waals surface area contributed by atoms with Crippen LogP contribution in [-0.4, -0.2) is 28.7 Å². The fraction of sp³-hybridized carbons (Fsp3) is 0.611. The van der Waals surface area contributed by atoms with Crippen molar-refractivity contribution >= 4 is 21.8 Å². The molecule has 2 nitrogen and oxygen atoms in total. The number of halogens is 1. The Labute approximate surface area is 137 Å². The number of benzene rings is 1. The molecule has 1 aliphatic carbocycles. The number of hydrogen-bond acceptors (Lipinski definition) is 1. The van der Waals surface area contributed by atoms with Crippen LogP contribution >= 0.6 is 15.9 Å². The highest BCUT2D eigenvalue weighted by molar-refractivity contribution is 9.09. The van der Waals surface area contributed by atoms with Crippen LogP contribution in [0.3, 0.4) is 0 Å². The predicted molar refractivity (Wildman–Crippen MR) is 91.8 cm³/mol. The maximum Gasteiger partial charge on any atom is 0.222 e. The summed E-state index contributed by atoms with van der Waals surface area (Å²) in [4.78, 5) is 14.7. The molecule has 0 bridgehead atoms. The SMILES string of the molecule is O=C(CCCc1ccccc1)N(CCBr)C1CCCCC1. The molecule has 0 N–H and O–H groups in total. The van der Waals surface area contributed by atoms with Gasteiger partial charge >= 0.3 is 0 Å². The average molecular weight is 352 g/mol. The highest BCUT2D eigenvalue weighted by Gasteiger charge is 2.24. The molecule has 116 valence electrons. The fourth-order valence-corrected chi connectivity index (χ4v) is 3.61. The molecule has 1 aromatic carbocycles. The number of hydrogen-bond donors (Lipinski definition) is 0. The molecule has 0 radical (unpaired) electrons. The van der Waals surface area contributed by atoms with Gasteiger partial charge in [-0.15, -0.1) is 0 Å². The molecule has 1 aliphatic rings. The normalized spacial score (nSPS) is 15.9. The molecule has 0 saturated heterocycles. The van der Waals surface area contributed by atoms with Crippen molar-refractivity contribution in [2.45, 2.75) is 57.4 Å². The largest absolute Gasteiger partial charge is 0.339 e. The van der Waals surface area contributed by atoms with Crippen LogP contribution in [0.25, 0.3) is 0 Å². The zero-order valence-electron chi connectivity index (χ0n) is 12.8. The molecular formula is C18H26BrNO. The van der Waals surface area contributed by atoms with Gasteiger partial charge in [-0.05, 0) is 31.2 Å². The molecule has 2 rings (SSSR count). The lowest BCUT2D eigenvalue weighted by molar-refractivity contribution is -0.134. The van der Waals surface area contributed by atoms with Crippen molar-refractivity contribution in [2.24, 2.45) is 0 Å². The van der Waals surface area contributed by atoms with Gasteiger partial charge in [0.1, 0.15) is 0 Å². The summed E-state index contributed by atoms with van der Waals surface area (Å²) in [5.41, 5.74) is 1.33. The number of carbonyl (C=O) groups excluding carboxylic acids is 1. The van der Waals surface area contributed by atoms with Crippen LogP contribution in [0.2, 0.25) is 0 Å². The summed E-state index contributed by atoms with van der Waals surface area (Å²) in [6, 6.07) is 10.9. The summed E-state index contributed by atoms with van der Waals surface area (Å²) in [7, 11) is 0. The summed E-state index contributed by atoms with van der Waals surface area (Å²) in [6.07, 6.45) is 8.91. The van der Waals surface area contributed by atoms with Crippen molar-refractivity contribution in [2.75, 3.05) is 11.9 Å². The van der Waals surface area contributed by atoms with Gasteiger partial charge in [0.05, 0.1) is 0 Å². The molecule has 1 fully saturated rings. The predicted octanol–water partition coefficient (Wildman–Crippen LogP) is 4.57. The van der Waals surface area contributed by atoms with Crippen LogP contribution in [0.4, 0.5) is 0 Å². The van der Waals surface area contributed by atoms with E-state index < -0.39 is 0 Å². The van der Waals surface area contributed by atoms with E-state index >= 15 is 0 Å². The Morgan fingerprint density at radius 2 is 1.86 bits per heavy atom. The average Bonchev–Trinajstić information content (AvgIpc) is 2.54. The van der Waals surface area contributed by atoms with E-state index in [-0.39, 0.29) is 0 Å². The van der Waals surface area contributed by atoms with Crippen molar-refractivity contribution in [3.8, 4) is 0 Å². The highest BCUT2D eigenvalue weighted by Crippen LogP contribution is 2.23. The van der Waals surface area contributed by atoms with E-state index in [4.69, 9.17) is 0 Å². The number of rotatable bonds is 7. The number of alkyl halides is 1. The second-order valence-electron chi connectivity index (χ2n) is 5.91. The van der Waals surface area contributed by atoms with Gasteiger partial charge in [-0.3, -0.25) is 4.79 Å². The third kappa shape index (κ3) is 5.46. The molecule has 1 aromatic rings. The smallest absolute Gasteiger partial charge is 0.222 e. The van der Waals surface area contributed by atoms with Crippen molar-refractivity contribution in [1.29, 1.82) is 0 Å². The maximum absolute atomic E-state index is 12.5. The van der Waals surface area contributed by atoms with Gasteiger partial charge in [-0.2, -0.15) is 0 Å². The number of carbonyl (C=O) groups is 1. The van der Waals surface area contributed by atoms with Gasteiger partial charge in [0.2, 0.25) is 5.91 Å². The van der Waals surface area contributed by atoms with Gasteiger partial charge in [0, 0.05) is 24.3 Å². The summed E-state index contributed by atoms with van der Waals surface area (Å²) < 4.78 is 0. The highest BCUT2D eigenvalue weighted by atomic mass is 79.9. The topological polar surface area (TPSA) is 20.3 Å². The molecule has 0 atom stereocenters. The van der Waals surface area contributed by atoms with Crippen molar-refractivity contribution in [3.63, 3.8) is 0 Å². The molecule has 0 aliphatic heterocycles. The lowest BCUT2D eigenvalue weighted by Gasteiger charge is -2.34. The zero-order chi connectivity index (χ0) is 14.9. The van der Waals surface area contributed by atoms with E-state index in [1.807, 2.05) is 6.07 Å². The van der Waals surface area contributed by atoms with Crippen LogP contribution in [0.15, 0.2) is 30.3 Å². The Morgan fingerprint density at radius 3 is 2.52 bits per heavy atom. The monoisotopic (exact) mass is 351 g/mol. The van der Waals surface area contributed by atoms with Crippen LogP contribution in [0.5, 0.6) is 0 Å². The van der Waals surface area contributed by atoms with Gasteiger partial charge in [0.15, 0.2) is 0 Å². The molecule has 3 heteroatoms. The summed E-state index contributed by atoms with van der Waals surface area (Å²) >= 11 is 3.50. The number of amides is 1. The van der Waals surface area contributed by atoms with Crippen LogP contribution in [0.1, 0.15) is 50.5 Å². The number of aryl methyl sites for hydroxylation is 1. The standard InChI is InChI=1S/C18H26BrNO/c19-14-15-20(17-11-5-2-6-12-17)18(21)13-7-10-16-8-3-1-4-9-16/h1,3-4,8-9,17H,2,5-7,10-15H2. The molecular weight excluding hydrogens is 326 g/mol. The van der Waals surface area contributed by atoms with Gasteiger partial charge in [-0.1, -0.05) is 65.5 Å². The van der Waals surface area contributed by atoms with E-state index in [0.29, 0.717) is 18.4 Å². The van der Waals surface area contributed by atoms with E-state index in [0.717, 1.165) is 24.7 Å². The minimum Gasteiger partial charge on any atom is -0.339 e. The van der Waals surface area contributed by atoms with Crippen LogP contribution in [0, 0.1) is 0 Å². The molecule has 0 aromatic heterocycles. The first-order chi connectivity index (χ1) is 10.3. The summed E-state index contributed by atoms with van der Waals surface area (Å²) in [6.45, 7) is 0.856. The van der Waals surface area contributed by atoms with Crippen molar-refractivity contribution in [1.82, 2.24) is 4.90 Å². The molecule has 21 heavy (non-hydrogen) atoms. The van der Waals surface area contributed by atoms with Gasteiger partial charge in [-0.25, -0.2) is 0 Å². The van der Waals surface area contributed by atoms with E-state index in [1.165, 1.54) is 37.7 Å². The van der Waals surface area contributed by atoms with E-state index in [1.54, 1.807) is 0 Å². The third-order valence-electron chi connectivity index (χ3n) is 4.36. The first-order valence-electron chi connectivity index (χ1n) is 8.20. The van der Waals surface area contributed by atoms with E-state index in [2.05, 4.69) is 45.1 Å². The first-order valence-corrected chi connectivity index (χ1v) is 9.33. The van der Waals surface area contributed by atoms with E-state index in [9.17, 15) is 4.79 Å².